The first kappa shape index (κ1) is 8.65. The predicted molar refractivity (Wildman–Crippen MR) is 56.3 cm³/mol. The molecule has 0 aliphatic carbocycles. The number of hydrogen-bond donors (Lipinski definition) is 1. The van der Waals surface area contributed by atoms with E-state index in [0.29, 0.717) is 6.04 Å². The van der Waals surface area contributed by atoms with Crippen molar-refractivity contribution in [3.8, 4) is 0 Å². The van der Waals surface area contributed by atoms with Gasteiger partial charge >= 0.3 is 0 Å². The van der Waals surface area contributed by atoms with Crippen molar-refractivity contribution in [1.29, 1.82) is 0 Å². The summed E-state index contributed by atoms with van der Waals surface area (Å²) >= 11 is 3.14. The van der Waals surface area contributed by atoms with Gasteiger partial charge in [0.15, 0.2) is 0 Å². The van der Waals surface area contributed by atoms with Crippen molar-refractivity contribution in [3.05, 3.63) is 28.6 Å². The van der Waals surface area contributed by atoms with Crippen molar-refractivity contribution in [3.63, 3.8) is 0 Å². The van der Waals surface area contributed by atoms with Gasteiger partial charge in [0.25, 0.3) is 0 Å². The van der Waals surface area contributed by atoms with Crippen molar-refractivity contribution in [2.45, 2.75) is 13.0 Å². The molecule has 2 heterocycles. The zero-order chi connectivity index (χ0) is 9.10. The SMILES string of the molecule is CC(Nc1cnns1)c1cccs1. The van der Waals surface area contributed by atoms with Gasteiger partial charge in [-0.1, -0.05) is 10.6 Å². The quantitative estimate of drug-likeness (QED) is 0.848. The second-order valence-electron chi connectivity index (χ2n) is 2.66. The largest absolute Gasteiger partial charge is 0.367 e. The molecule has 0 aliphatic heterocycles. The molecule has 3 nitrogen and oxygen atoms in total. The first-order valence-corrected chi connectivity index (χ1v) is 5.59. The molecular weight excluding hydrogens is 202 g/mol. The molecule has 0 aliphatic rings. The van der Waals surface area contributed by atoms with Gasteiger partial charge in [-0.25, -0.2) is 0 Å². The topological polar surface area (TPSA) is 37.8 Å². The van der Waals surface area contributed by atoms with Gasteiger partial charge in [-0.3, -0.25) is 0 Å². The highest BCUT2D eigenvalue weighted by atomic mass is 32.1. The van der Waals surface area contributed by atoms with Crippen LogP contribution in [-0.2, 0) is 0 Å². The predicted octanol–water partition coefficient (Wildman–Crippen LogP) is 2.77. The fourth-order valence-corrected chi connectivity index (χ4v) is 2.29. The summed E-state index contributed by atoms with van der Waals surface area (Å²) in [6.07, 6.45) is 1.74. The van der Waals surface area contributed by atoms with E-state index in [0.717, 1.165) is 5.00 Å². The number of nitrogens with zero attached hydrogens (tertiary/aromatic N) is 2. The maximum absolute atomic E-state index is 3.79. The van der Waals surface area contributed by atoms with E-state index in [1.165, 1.54) is 16.4 Å². The van der Waals surface area contributed by atoms with Crippen LogP contribution in [-0.4, -0.2) is 9.59 Å². The molecule has 0 amide bonds. The van der Waals surface area contributed by atoms with Gasteiger partial charge < -0.3 is 5.32 Å². The van der Waals surface area contributed by atoms with Crippen LogP contribution in [0.2, 0.25) is 0 Å². The van der Waals surface area contributed by atoms with E-state index in [9.17, 15) is 0 Å². The Bertz CT molecular complexity index is 341. The minimum atomic E-state index is 0.335. The maximum atomic E-state index is 3.79. The molecule has 0 fully saturated rings. The van der Waals surface area contributed by atoms with E-state index in [-0.39, 0.29) is 0 Å². The lowest BCUT2D eigenvalue weighted by molar-refractivity contribution is 0.912. The van der Waals surface area contributed by atoms with Crippen molar-refractivity contribution >= 4 is 27.9 Å². The van der Waals surface area contributed by atoms with Crippen LogP contribution in [0.5, 0.6) is 0 Å². The minimum absolute atomic E-state index is 0.335. The molecule has 1 N–H and O–H groups in total. The number of nitrogens with one attached hydrogen (secondary N) is 1. The molecule has 0 saturated heterocycles. The third-order valence-corrected chi connectivity index (χ3v) is 3.34. The van der Waals surface area contributed by atoms with Gasteiger partial charge in [0.2, 0.25) is 0 Å². The highest BCUT2D eigenvalue weighted by Gasteiger charge is 2.06. The Balaban J connectivity index is 2.04. The summed E-state index contributed by atoms with van der Waals surface area (Å²) in [6, 6.07) is 4.52. The number of thiophene rings is 1. The van der Waals surface area contributed by atoms with Crippen LogP contribution in [0.3, 0.4) is 0 Å². The van der Waals surface area contributed by atoms with Crippen LogP contribution in [0, 0.1) is 0 Å². The number of rotatable bonds is 3. The molecule has 5 heteroatoms. The molecule has 68 valence electrons. The molecule has 0 saturated carbocycles. The third-order valence-electron chi connectivity index (χ3n) is 1.69. The molecule has 0 aromatic carbocycles. The molecule has 1 atom stereocenters. The van der Waals surface area contributed by atoms with Crippen molar-refractivity contribution in [1.82, 2.24) is 9.59 Å². The Hall–Kier alpha value is -0.940. The summed E-state index contributed by atoms with van der Waals surface area (Å²) in [4.78, 5) is 1.33. The number of anilines is 1. The van der Waals surface area contributed by atoms with Gasteiger partial charge in [0.1, 0.15) is 5.00 Å². The third kappa shape index (κ3) is 2.05. The Morgan fingerprint density at radius 3 is 3.08 bits per heavy atom. The molecule has 0 spiro atoms. The molecule has 1 unspecified atom stereocenters. The summed E-state index contributed by atoms with van der Waals surface area (Å²) < 4.78 is 3.79. The summed E-state index contributed by atoms with van der Waals surface area (Å²) in [5.41, 5.74) is 0. The maximum Gasteiger partial charge on any atom is 0.130 e. The van der Waals surface area contributed by atoms with Gasteiger partial charge in [-0.05, 0) is 18.4 Å². The lowest BCUT2D eigenvalue weighted by atomic mass is 10.3. The van der Waals surface area contributed by atoms with Gasteiger partial charge in [0, 0.05) is 16.4 Å². The zero-order valence-electron chi connectivity index (χ0n) is 7.10. The van der Waals surface area contributed by atoms with Crippen LogP contribution in [0.4, 0.5) is 5.00 Å². The average molecular weight is 211 g/mol. The van der Waals surface area contributed by atoms with E-state index in [1.807, 2.05) is 0 Å². The van der Waals surface area contributed by atoms with Crippen LogP contribution in [0.15, 0.2) is 23.7 Å². The lowest BCUT2D eigenvalue weighted by Gasteiger charge is -2.09. The van der Waals surface area contributed by atoms with Crippen LogP contribution >= 0.6 is 22.9 Å². The molecule has 2 aromatic heterocycles. The summed E-state index contributed by atoms with van der Waals surface area (Å²) in [6.45, 7) is 2.13. The molecule has 0 bridgehead atoms. The Kier molecular flexibility index (Phi) is 2.56. The van der Waals surface area contributed by atoms with E-state index < -0.39 is 0 Å². The van der Waals surface area contributed by atoms with Gasteiger partial charge in [0.05, 0.1) is 12.2 Å². The van der Waals surface area contributed by atoms with Crippen molar-refractivity contribution < 1.29 is 0 Å². The standard InChI is InChI=1S/C8H9N3S2/c1-6(7-3-2-4-12-7)10-8-5-9-11-13-8/h2-6,10H,1H3. The second kappa shape index (κ2) is 3.85. The Morgan fingerprint density at radius 1 is 1.54 bits per heavy atom. The first-order valence-electron chi connectivity index (χ1n) is 3.93. The summed E-state index contributed by atoms with van der Waals surface area (Å²) in [5, 5.41) is 10.2. The van der Waals surface area contributed by atoms with E-state index in [4.69, 9.17) is 0 Å². The first-order chi connectivity index (χ1) is 6.36. The van der Waals surface area contributed by atoms with E-state index >= 15 is 0 Å². The molecular formula is C8H9N3S2. The molecule has 2 aromatic rings. The Morgan fingerprint density at radius 2 is 2.46 bits per heavy atom. The summed E-state index contributed by atoms with van der Waals surface area (Å²) in [5.74, 6) is 0. The molecule has 2 rings (SSSR count). The van der Waals surface area contributed by atoms with Crippen LogP contribution in [0.1, 0.15) is 17.8 Å². The van der Waals surface area contributed by atoms with E-state index in [1.54, 1.807) is 17.5 Å². The highest BCUT2D eigenvalue weighted by Crippen LogP contribution is 2.23. The second-order valence-corrected chi connectivity index (χ2v) is 4.43. The van der Waals surface area contributed by atoms with E-state index in [2.05, 4.69) is 39.3 Å². The summed E-state index contributed by atoms with van der Waals surface area (Å²) in [7, 11) is 0. The van der Waals surface area contributed by atoms with Crippen LogP contribution in [0.25, 0.3) is 0 Å². The number of hydrogen-bond acceptors (Lipinski definition) is 5. The minimum Gasteiger partial charge on any atom is -0.367 e. The van der Waals surface area contributed by atoms with Crippen molar-refractivity contribution in [2.75, 3.05) is 5.32 Å². The van der Waals surface area contributed by atoms with Crippen LogP contribution < -0.4 is 5.32 Å². The van der Waals surface area contributed by atoms with Gasteiger partial charge in [-0.2, -0.15) is 0 Å². The fraction of sp³-hybridized carbons (Fsp3) is 0.250. The monoisotopic (exact) mass is 211 g/mol. The normalized spacial score (nSPS) is 12.7. The van der Waals surface area contributed by atoms with Gasteiger partial charge in [-0.15, -0.1) is 16.4 Å². The fourth-order valence-electron chi connectivity index (χ4n) is 1.05. The van der Waals surface area contributed by atoms with Crippen molar-refractivity contribution in [2.24, 2.45) is 0 Å². The lowest BCUT2D eigenvalue weighted by Crippen LogP contribution is -2.02. The molecule has 13 heavy (non-hydrogen) atoms. The zero-order valence-corrected chi connectivity index (χ0v) is 8.73. The average Bonchev–Trinajstić information content (AvgIpc) is 2.74. The molecule has 0 radical (unpaired) electrons. The smallest absolute Gasteiger partial charge is 0.130 e. The number of aromatic nitrogens is 2. The Labute approximate surface area is 84.6 Å². The highest BCUT2D eigenvalue weighted by molar-refractivity contribution is 7.10.